The third-order valence-electron chi connectivity index (χ3n) is 3.14. The molecule has 0 saturated heterocycles. The van der Waals surface area contributed by atoms with Crippen molar-refractivity contribution < 1.29 is 9.21 Å². The molecule has 0 amide bonds. The molecule has 0 spiro atoms. The van der Waals surface area contributed by atoms with Gasteiger partial charge in [-0.2, -0.15) is 9.78 Å². The van der Waals surface area contributed by atoms with Crippen LogP contribution in [0.25, 0.3) is 16.8 Å². The average molecular weight is 334 g/mol. The first-order chi connectivity index (χ1) is 9.49. The average Bonchev–Trinajstić information content (AvgIpc) is 2.88. The molecule has 5 nitrogen and oxygen atoms in total. The Hall–Kier alpha value is -2.08. The molecule has 0 aliphatic heterocycles. The number of benzene rings is 1. The van der Waals surface area contributed by atoms with Gasteiger partial charge in [0, 0.05) is 4.47 Å². The minimum atomic E-state index is -0.125. The van der Waals surface area contributed by atoms with E-state index >= 15 is 0 Å². The fraction of sp³-hybridized carbons (Fsp3) is 0.143. The van der Waals surface area contributed by atoms with Crippen LogP contribution in [0, 0.1) is 6.92 Å². The molecule has 1 aromatic carbocycles. The highest BCUT2D eigenvalue weighted by molar-refractivity contribution is 9.10. The molecular formula is C14H12BrN3O2. The molecule has 0 aliphatic carbocycles. The highest BCUT2D eigenvalue weighted by atomic mass is 79.9. The maximum Gasteiger partial charge on any atom is 0.233 e. The summed E-state index contributed by atoms with van der Waals surface area (Å²) in [5.41, 5.74) is 8.26. The minimum absolute atomic E-state index is 0.125. The van der Waals surface area contributed by atoms with Crippen molar-refractivity contribution in [3.8, 4) is 5.69 Å². The van der Waals surface area contributed by atoms with Gasteiger partial charge in [0.25, 0.3) is 0 Å². The molecule has 0 atom stereocenters. The van der Waals surface area contributed by atoms with Gasteiger partial charge >= 0.3 is 0 Å². The van der Waals surface area contributed by atoms with Gasteiger partial charge in [0.1, 0.15) is 0 Å². The normalized spacial score (nSPS) is 11.2. The summed E-state index contributed by atoms with van der Waals surface area (Å²) < 4.78 is 8.17. The first-order valence-corrected chi connectivity index (χ1v) is 6.83. The second kappa shape index (κ2) is 4.49. The lowest BCUT2D eigenvalue weighted by Crippen LogP contribution is -1.97. The van der Waals surface area contributed by atoms with Crippen molar-refractivity contribution in [1.29, 1.82) is 0 Å². The second-order valence-electron chi connectivity index (χ2n) is 4.55. The fourth-order valence-electron chi connectivity index (χ4n) is 2.27. The van der Waals surface area contributed by atoms with Gasteiger partial charge in [0.05, 0.1) is 22.3 Å². The van der Waals surface area contributed by atoms with Gasteiger partial charge in [-0.15, -0.1) is 0 Å². The molecule has 0 radical (unpaired) electrons. The van der Waals surface area contributed by atoms with Crippen molar-refractivity contribution in [2.75, 3.05) is 5.73 Å². The van der Waals surface area contributed by atoms with Crippen LogP contribution in [-0.4, -0.2) is 15.6 Å². The minimum Gasteiger partial charge on any atom is -0.422 e. The zero-order valence-corrected chi connectivity index (χ0v) is 12.6. The molecule has 2 N–H and O–H groups in total. The Morgan fingerprint density at radius 1 is 1.35 bits per heavy atom. The zero-order chi connectivity index (χ0) is 14.4. The molecule has 0 fully saturated rings. The van der Waals surface area contributed by atoms with Gasteiger partial charge in [-0.1, -0.05) is 15.9 Å². The first kappa shape index (κ1) is 12.9. The lowest BCUT2D eigenvalue weighted by Gasteiger charge is -2.01. The molecule has 0 aliphatic rings. The third kappa shape index (κ3) is 1.84. The number of hydrogen-bond donors (Lipinski definition) is 1. The summed E-state index contributed by atoms with van der Waals surface area (Å²) in [5.74, 6) is 0.0126. The number of carbonyl (C=O) groups excluding carboxylic acids is 1. The van der Waals surface area contributed by atoms with E-state index in [1.807, 2.05) is 31.2 Å². The van der Waals surface area contributed by atoms with Crippen LogP contribution >= 0.6 is 15.9 Å². The number of aromatic nitrogens is 2. The lowest BCUT2D eigenvalue weighted by molar-refractivity contribution is 0.101. The Kier molecular flexibility index (Phi) is 2.90. The number of halogens is 1. The predicted molar refractivity (Wildman–Crippen MR) is 80.2 cm³/mol. The zero-order valence-electron chi connectivity index (χ0n) is 11.0. The Labute approximate surface area is 123 Å². The van der Waals surface area contributed by atoms with Gasteiger partial charge in [-0.05, 0) is 38.1 Å². The van der Waals surface area contributed by atoms with E-state index in [1.54, 1.807) is 4.68 Å². The number of nitrogen functional groups attached to an aromatic ring is 1. The third-order valence-corrected chi connectivity index (χ3v) is 3.67. The number of Topliss-reactive ketones (excluding diaryl/α,β-unsaturated/α-hetero) is 1. The van der Waals surface area contributed by atoms with E-state index in [2.05, 4.69) is 21.0 Å². The van der Waals surface area contributed by atoms with Crippen molar-refractivity contribution in [3.63, 3.8) is 0 Å². The molecule has 2 aromatic heterocycles. The molecule has 0 saturated carbocycles. The summed E-state index contributed by atoms with van der Waals surface area (Å²) >= 11 is 3.39. The number of ketones is 1. The van der Waals surface area contributed by atoms with Gasteiger partial charge in [-0.3, -0.25) is 4.79 Å². The molecule has 20 heavy (non-hydrogen) atoms. The van der Waals surface area contributed by atoms with Crippen LogP contribution in [0.3, 0.4) is 0 Å². The topological polar surface area (TPSA) is 74.1 Å². The maximum atomic E-state index is 11.7. The van der Waals surface area contributed by atoms with Crippen molar-refractivity contribution in [2.45, 2.75) is 13.8 Å². The van der Waals surface area contributed by atoms with E-state index in [-0.39, 0.29) is 11.7 Å². The summed E-state index contributed by atoms with van der Waals surface area (Å²) in [4.78, 5) is 11.7. The number of aryl methyl sites for hydroxylation is 1. The summed E-state index contributed by atoms with van der Waals surface area (Å²) in [5, 5.41) is 5.11. The van der Waals surface area contributed by atoms with Crippen LogP contribution in [0.5, 0.6) is 0 Å². The van der Waals surface area contributed by atoms with Crippen LogP contribution < -0.4 is 5.73 Å². The number of carbonyl (C=O) groups is 1. The highest BCUT2D eigenvalue weighted by Gasteiger charge is 2.23. The Balaban J connectivity index is 2.31. The van der Waals surface area contributed by atoms with Crippen molar-refractivity contribution in [2.24, 2.45) is 0 Å². The standard InChI is InChI=1S/C14H12BrN3O2/c1-7-11-12(8(2)19)13(16)20-14(11)18(17-7)10-5-3-9(15)4-6-10/h3-6H,16H2,1-2H3. The van der Waals surface area contributed by atoms with Crippen molar-refractivity contribution in [1.82, 2.24) is 9.78 Å². The molecule has 6 heteroatoms. The number of nitrogens with two attached hydrogens (primary N) is 1. The first-order valence-electron chi connectivity index (χ1n) is 6.03. The largest absolute Gasteiger partial charge is 0.422 e. The summed E-state index contributed by atoms with van der Waals surface area (Å²) in [7, 11) is 0. The van der Waals surface area contributed by atoms with Crippen LogP contribution in [0.2, 0.25) is 0 Å². The quantitative estimate of drug-likeness (QED) is 0.728. The number of rotatable bonds is 2. The second-order valence-corrected chi connectivity index (χ2v) is 5.47. The van der Waals surface area contributed by atoms with Gasteiger partial charge < -0.3 is 10.2 Å². The Morgan fingerprint density at radius 2 is 2.00 bits per heavy atom. The van der Waals surface area contributed by atoms with Gasteiger partial charge in [-0.25, -0.2) is 0 Å². The number of furan rings is 1. The van der Waals surface area contributed by atoms with Crippen LogP contribution in [0.15, 0.2) is 33.2 Å². The van der Waals surface area contributed by atoms with E-state index in [4.69, 9.17) is 10.2 Å². The van der Waals surface area contributed by atoms with Crippen molar-refractivity contribution in [3.05, 3.63) is 40.0 Å². The number of anilines is 1. The Bertz CT molecular complexity index is 815. The van der Waals surface area contributed by atoms with Gasteiger partial charge in [0.15, 0.2) is 5.78 Å². The van der Waals surface area contributed by atoms with Gasteiger partial charge in [0.2, 0.25) is 11.6 Å². The smallest absolute Gasteiger partial charge is 0.233 e. The molecule has 0 unspecified atom stereocenters. The lowest BCUT2D eigenvalue weighted by atomic mass is 10.1. The van der Waals surface area contributed by atoms with E-state index in [9.17, 15) is 4.79 Å². The predicted octanol–water partition coefficient (Wildman–Crippen LogP) is 3.47. The number of hydrogen-bond acceptors (Lipinski definition) is 4. The molecule has 0 bridgehead atoms. The van der Waals surface area contributed by atoms with Crippen LogP contribution in [-0.2, 0) is 0 Å². The molecule has 102 valence electrons. The molecule has 3 aromatic rings. The van der Waals surface area contributed by atoms with Crippen molar-refractivity contribution >= 4 is 38.7 Å². The highest BCUT2D eigenvalue weighted by Crippen LogP contribution is 2.32. The summed E-state index contributed by atoms with van der Waals surface area (Å²) in [6, 6.07) is 7.64. The van der Waals surface area contributed by atoms with E-state index < -0.39 is 0 Å². The molecule has 3 rings (SSSR count). The van der Waals surface area contributed by atoms with E-state index in [1.165, 1.54) is 6.92 Å². The molecular weight excluding hydrogens is 322 g/mol. The molecule has 2 heterocycles. The Morgan fingerprint density at radius 3 is 2.60 bits per heavy atom. The summed E-state index contributed by atoms with van der Waals surface area (Å²) in [6.45, 7) is 3.30. The van der Waals surface area contributed by atoms with E-state index in [0.29, 0.717) is 22.4 Å². The maximum absolute atomic E-state index is 11.7. The monoisotopic (exact) mass is 333 g/mol. The number of fused-ring (bicyclic) bond motifs is 1. The van der Waals surface area contributed by atoms with Crippen LogP contribution in [0.1, 0.15) is 23.0 Å². The SMILES string of the molecule is CC(=O)c1c(N)oc2c1c(C)nn2-c1ccc(Br)cc1. The summed E-state index contributed by atoms with van der Waals surface area (Å²) in [6.07, 6.45) is 0. The fourth-order valence-corrected chi connectivity index (χ4v) is 2.54. The van der Waals surface area contributed by atoms with E-state index in [0.717, 1.165) is 10.2 Å². The number of nitrogens with zero attached hydrogens (tertiary/aromatic N) is 2. The van der Waals surface area contributed by atoms with Crippen LogP contribution in [0.4, 0.5) is 5.88 Å².